The lowest BCUT2D eigenvalue weighted by molar-refractivity contribution is -0.274. The predicted octanol–water partition coefficient (Wildman–Crippen LogP) is 6.29. The Hall–Kier alpha value is -4.23. The van der Waals surface area contributed by atoms with Crippen molar-refractivity contribution in [2.24, 2.45) is 0 Å². The number of nitrogens with zero attached hydrogens (tertiary/aromatic N) is 1. The second-order valence-electron chi connectivity index (χ2n) is 9.79. The molecule has 1 unspecified atom stereocenters. The number of urea groups is 1. The number of halogens is 6. The van der Waals surface area contributed by atoms with Crippen LogP contribution in [0.4, 0.5) is 31.1 Å². The molecule has 0 radical (unpaired) electrons. The molecule has 3 amide bonds. The number of amides is 3. The van der Waals surface area contributed by atoms with Crippen LogP contribution in [0.1, 0.15) is 49.8 Å². The summed E-state index contributed by atoms with van der Waals surface area (Å²) in [6.45, 7) is 3.35. The average Bonchev–Trinajstić information content (AvgIpc) is 3.11. The van der Waals surface area contributed by atoms with Crippen molar-refractivity contribution in [2.45, 2.75) is 57.6 Å². The van der Waals surface area contributed by atoms with E-state index in [0.29, 0.717) is 37.3 Å². The van der Waals surface area contributed by atoms with Crippen LogP contribution >= 0.6 is 0 Å². The molecule has 4 rings (SSSR count). The van der Waals surface area contributed by atoms with Gasteiger partial charge in [0.1, 0.15) is 22.6 Å². The third kappa shape index (κ3) is 6.47. The molecular weight excluding hydrogens is 574 g/mol. The molecule has 1 fully saturated rings. The molecule has 0 spiro atoms. The summed E-state index contributed by atoms with van der Waals surface area (Å²) < 4.78 is 92.6. The second kappa shape index (κ2) is 11.6. The molecule has 1 atom stereocenters. The molecule has 14 heteroatoms. The molecule has 8 nitrogen and oxygen atoms in total. The molecule has 1 aliphatic heterocycles. The van der Waals surface area contributed by atoms with E-state index in [0.717, 1.165) is 17.0 Å². The van der Waals surface area contributed by atoms with Crippen molar-refractivity contribution in [3.8, 4) is 11.5 Å². The van der Waals surface area contributed by atoms with E-state index in [1.807, 2.05) is 6.92 Å². The largest absolute Gasteiger partial charge is 0.573 e. The number of carbonyl (C=O) groups excluding carboxylic acids is 2. The molecule has 226 valence electrons. The van der Waals surface area contributed by atoms with Gasteiger partial charge in [0.2, 0.25) is 0 Å². The summed E-state index contributed by atoms with van der Waals surface area (Å²) >= 11 is 0. The number of rotatable bonds is 10. The van der Waals surface area contributed by atoms with Crippen molar-refractivity contribution in [2.75, 3.05) is 13.2 Å². The quantitative estimate of drug-likeness (QED) is 0.127. The number of hydrogen-bond donors (Lipinski definition) is 1. The summed E-state index contributed by atoms with van der Waals surface area (Å²) in [4.78, 5) is 38.5. The average molecular weight is 601 g/mol. The van der Waals surface area contributed by atoms with Crippen molar-refractivity contribution in [3.05, 3.63) is 69.6 Å². The first-order valence-corrected chi connectivity index (χ1v) is 12.9. The lowest BCUT2D eigenvalue weighted by Crippen LogP contribution is -2.41. The number of unbranched alkanes of at least 4 members (excludes halogenated alkanes) is 1. The van der Waals surface area contributed by atoms with Crippen molar-refractivity contribution >= 4 is 22.9 Å². The van der Waals surface area contributed by atoms with Crippen molar-refractivity contribution in [1.82, 2.24) is 10.2 Å². The fraction of sp³-hybridized carbons (Fsp3) is 0.393. The smallest absolute Gasteiger partial charge is 0.493 e. The number of nitrogens with one attached hydrogen (secondary N) is 1. The van der Waals surface area contributed by atoms with E-state index >= 15 is 0 Å². The minimum Gasteiger partial charge on any atom is -0.493 e. The maximum Gasteiger partial charge on any atom is 0.573 e. The molecule has 1 saturated heterocycles. The number of fused-ring (bicyclic) bond motifs is 1. The van der Waals surface area contributed by atoms with Gasteiger partial charge < -0.3 is 19.2 Å². The molecule has 1 aromatic heterocycles. The zero-order valence-corrected chi connectivity index (χ0v) is 22.4. The highest BCUT2D eigenvalue weighted by Gasteiger charge is 2.48. The number of aryl methyl sites for hydroxylation is 1. The van der Waals surface area contributed by atoms with E-state index in [1.54, 1.807) is 0 Å². The topological polar surface area (TPSA) is 98.1 Å². The minimum absolute atomic E-state index is 0.0161. The van der Waals surface area contributed by atoms with Gasteiger partial charge in [0, 0.05) is 23.6 Å². The normalized spacial score (nSPS) is 17.6. The summed E-state index contributed by atoms with van der Waals surface area (Å²) in [6, 6.07) is 6.92. The Morgan fingerprint density at radius 2 is 1.67 bits per heavy atom. The maximum atomic E-state index is 13.5. The summed E-state index contributed by atoms with van der Waals surface area (Å²) in [5.74, 6) is -0.805. The molecule has 0 saturated carbocycles. The van der Waals surface area contributed by atoms with Crippen LogP contribution in [-0.4, -0.2) is 36.4 Å². The maximum absolute atomic E-state index is 13.5. The molecule has 2 heterocycles. The first-order valence-electron chi connectivity index (χ1n) is 12.9. The molecule has 0 bridgehead atoms. The number of ether oxygens (including phenoxy) is 2. The van der Waals surface area contributed by atoms with E-state index in [4.69, 9.17) is 9.15 Å². The van der Waals surface area contributed by atoms with Crippen LogP contribution in [0.3, 0.4) is 0 Å². The van der Waals surface area contributed by atoms with Crippen LogP contribution < -0.4 is 20.4 Å². The first kappa shape index (κ1) is 30.7. The lowest BCUT2D eigenvalue weighted by Gasteiger charge is -2.22. The van der Waals surface area contributed by atoms with Crippen LogP contribution in [0.25, 0.3) is 11.0 Å². The molecule has 42 heavy (non-hydrogen) atoms. The Morgan fingerprint density at radius 3 is 2.29 bits per heavy atom. The van der Waals surface area contributed by atoms with Gasteiger partial charge >= 0.3 is 24.2 Å². The Kier molecular flexibility index (Phi) is 8.46. The SMILES string of the molecule is CCCc1c(OCCCCN2C(=O)NC(C)(c3ccc(OC(F)(F)F)cc3)C2=O)ccc2c(C(F)(F)F)cc(=O)oc12. The molecule has 0 aliphatic carbocycles. The van der Waals surface area contributed by atoms with Gasteiger partial charge in [-0.05, 0) is 56.0 Å². The number of benzene rings is 2. The fourth-order valence-electron chi connectivity index (χ4n) is 4.76. The third-order valence-corrected chi connectivity index (χ3v) is 6.75. The van der Waals surface area contributed by atoms with E-state index in [2.05, 4.69) is 10.1 Å². The van der Waals surface area contributed by atoms with Crippen LogP contribution in [-0.2, 0) is 22.9 Å². The van der Waals surface area contributed by atoms with Crippen molar-refractivity contribution in [1.29, 1.82) is 0 Å². The van der Waals surface area contributed by atoms with Crippen LogP contribution in [0.15, 0.2) is 51.7 Å². The molecule has 1 aliphatic rings. The highest BCUT2D eigenvalue weighted by molar-refractivity contribution is 6.07. The number of carbonyl (C=O) groups is 2. The highest BCUT2D eigenvalue weighted by atomic mass is 19.4. The van der Waals surface area contributed by atoms with E-state index in [1.165, 1.54) is 31.2 Å². The Balaban J connectivity index is 1.39. The first-order chi connectivity index (χ1) is 19.6. The van der Waals surface area contributed by atoms with Crippen molar-refractivity contribution < 1.29 is 49.8 Å². The zero-order valence-electron chi connectivity index (χ0n) is 22.4. The Bertz CT molecular complexity index is 1530. The van der Waals surface area contributed by atoms with Gasteiger partial charge in [-0.15, -0.1) is 13.2 Å². The summed E-state index contributed by atoms with van der Waals surface area (Å²) in [5, 5.41) is 2.32. The van der Waals surface area contributed by atoms with Gasteiger partial charge in [-0.2, -0.15) is 13.2 Å². The zero-order chi connectivity index (χ0) is 30.9. The van der Waals surface area contributed by atoms with E-state index < -0.39 is 47.0 Å². The summed E-state index contributed by atoms with van der Waals surface area (Å²) in [5.41, 5.74) is -3.31. The minimum atomic E-state index is -4.87. The predicted molar refractivity (Wildman–Crippen MR) is 137 cm³/mol. The second-order valence-corrected chi connectivity index (χ2v) is 9.79. The number of imide groups is 1. The monoisotopic (exact) mass is 600 g/mol. The lowest BCUT2D eigenvalue weighted by atomic mass is 9.92. The number of hydrogen-bond acceptors (Lipinski definition) is 6. The van der Waals surface area contributed by atoms with Gasteiger partial charge in [-0.3, -0.25) is 9.69 Å². The van der Waals surface area contributed by atoms with Crippen molar-refractivity contribution in [3.63, 3.8) is 0 Å². The highest BCUT2D eigenvalue weighted by Crippen LogP contribution is 2.38. The number of alkyl halides is 6. The Labute approximate surface area is 235 Å². The van der Waals surface area contributed by atoms with Gasteiger partial charge in [-0.25, -0.2) is 9.59 Å². The van der Waals surface area contributed by atoms with Gasteiger partial charge in [0.15, 0.2) is 0 Å². The van der Waals surface area contributed by atoms with Gasteiger partial charge in [0.25, 0.3) is 5.91 Å². The summed E-state index contributed by atoms with van der Waals surface area (Å²) in [7, 11) is 0. The molecule has 2 aromatic carbocycles. The van der Waals surface area contributed by atoms with Crippen LogP contribution in [0.5, 0.6) is 11.5 Å². The van der Waals surface area contributed by atoms with E-state index in [-0.39, 0.29) is 35.4 Å². The fourth-order valence-corrected chi connectivity index (χ4v) is 4.76. The van der Waals surface area contributed by atoms with Crippen LogP contribution in [0.2, 0.25) is 0 Å². The standard InChI is InChI=1S/C28H26F6N2O6/c1-3-6-19-21(12-11-18-20(27(29,30)31)15-22(37)41-23(18)19)40-14-5-4-13-36-24(38)26(2,35-25(36)39)16-7-9-17(10-8-16)42-28(32,33)34/h7-12,15H,3-6,13-14H2,1-2H3,(H,35,39). The van der Waals surface area contributed by atoms with Crippen LogP contribution in [0, 0.1) is 0 Å². The summed E-state index contributed by atoms with van der Waals surface area (Å²) in [6.07, 6.45) is -8.12. The van der Waals surface area contributed by atoms with E-state index in [9.17, 15) is 40.7 Å². The molecule has 1 N–H and O–H groups in total. The van der Waals surface area contributed by atoms with Gasteiger partial charge in [-0.1, -0.05) is 25.5 Å². The third-order valence-electron chi connectivity index (χ3n) is 6.75. The molecule has 3 aromatic rings. The Morgan fingerprint density at radius 1 is 0.976 bits per heavy atom. The van der Waals surface area contributed by atoms with Gasteiger partial charge in [0.05, 0.1) is 12.2 Å². The molecular formula is C28H26F6N2O6.